The second kappa shape index (κ2) is 8.31. The molecule has 25 heavy (non-hydrogen) atoms. The fourth-order valence-corrected chi connectivity index (χ4v) is 3.18. The van der Waals surface area contributed by atoms with Gasteiger partial charge in [0.1, 0.15) is 0 Å². The summed E-state index contributed by atoms with van der Waals surface area (Å²) in [5.41, 5.74) is 3.33. The van der Waals surface area contributed by atoms with Crippen LogP contribution in [0.3, 0.4) is 0 Å². The van der Waals surface area contributed by atoms with Crippen LogP contribution < -0.4 is 32.9 Å². The van der Waals surface area contributed by atoms with Crippen molar-refractivity contribution in [2.45, 2.75) is 13.5 Å². The number of anilines is 1. The van der Waals surface area contributed by atoms with Gasteiger partial charge in [0.25, 0.3) is 0 Å². The molecule has 0 saturated carbocycles. The van der Waals surface area contributed by atoms with Crippen LogP contribution in [0.5, 0.6) is 11.5 Å². The van der Waals surface area contributed by atoms with Crippen molar-refractivity contribution in [2.24, 2.45) is 0 Å². The molecule has 0 aliphatic carbocycles. The molecule has 134 valence electrons. The number of ether oxygens (including phenoxy) is 2. The Kier molecular flexibility index (Phi) is 6.39. The largest absolute Gasteiger partial charge is 1.00 e. The van der Waals surface area contributed by atoms with Gasteiger partial charge < -0.3 is 37.2 Å². The molecule has 0 aliphatic heterocycles. The average Bonchev–Trinajstić information content (AvgIpc) is 2.92. The van der Waals surface area contributed by atoms with Gasteiger partial charge in [0, 0.05) is 12.2 Å². The average molecular weight is 428 g/mol. The number of rotatable bonds is 6. The zero-order valence-electron chi connectivity index (χ0n) is 13.8. The lowest BCUT2D eigenvalue weighted by Crippen LogP contribution is -3.00. The van der Waals surface area contributed by atoms with E-state index >= 15 is 0 Å². The summed E-state index contributed by atoms with van der Waals surface area (Å²) in [6, 6.07) is 9.64. The Labute approximate surface area is 159 Å². The zero-order chi connectivity index (χ0) is 17.1. The maximum atomic E-state index is 11.3. The molecule has 6 nitrogen and oxygen atoms in total. The van der Waals surface area contributed by atoms with E-state index in [-0.39, 0.29) is 18.1 Å². The third kappa shape index (κ3) is 4.29. The number of halogens is 2. The van der Waals surface area contributed by atoms with Gasteiger partial charge in [0.05, 0.1) is 29.2 Å². The van der Waals surface area contributed by atoms with Crippen molar-refractivity contribution in [1.82, 2.24) is 9.97 Å². The Bertz CT molecular complexity index is 923. The van der Waals surface area contributed by atoms with Crippen LogP contribution in [0, 0.1) is 0 Å². The van der Waals surface area contributed by atoms with E-state index < -0.39 is 0 Å². The predicted molar refractivity (Wildman–Crippen MR) is 98.1 cm³/mol. The minimum absolute atomic E-state index is 0. The van der Waals surface area contributed by atoms with Crippen LogP contribution in [0.1, 0.15) is 12.5 Å². The summed E-state index contributed by atoms with van der Waals surface area (Å²) in [6.07, 6.45) is 0. The van der Waals surface area contributed by atoms with Crippen LogP contribution in [0.25, 0.3) is 11.0 Å². The molecular formula is C17H18BrClN3O3-. The van der Waals surface area contributed by atoms with Gasteiger partial charge in [-0.25, -0.2) is 4.79 Å². The third-order valence-corrected chi connectivity index (χ3v) is 4.17. The molecular weight excluding hydrogens is 410 g/mol. The summed E-state index contributed by atoms with van der Waals surface area (Å²) in [4.78, 5) is 16.8. The van der Waals surface area contributed by atoms with Crippen LogP contribution in [-0.2, 0) is 6.54 Å². The second-order valence-electron chi connectivity index (χ2n) is 5.24. The zero-order valence-corrected chi connectivity index (χ0v) is 16.1. The van der Waals surface area contributed by atoms with E-state index in [2.05, 4.69) is 31.2 Å². The van der Waals surface area contributed by atoms with Crippen molar-refractivity contribution in [3.8, 4) is 11.5 Å². The third-order valence-electron chi connectivity index (χ3n) is 3.59. The Balaban J connectivity index is 0.00000225. The molecule has 3 aromatic rings. The van der Waals surface area contributed by atoms with Gasteiger partial charge in [-0.2, -0.15) is 0 Å². The number of H-pyrrole nitrogens is 2. The summed E-state index contributed by atoms with van der Waals surface area (Å²) in [7, 11) is 1.62. The number of aromatic amines is 2. The first-order chi connectivity index (χ1) is 11.6. The maximum Gasteiger partial charge on any atom is 0.323 e. The number of hydrogen-bond donors (Lipinski definition) is 3. The van der Waals surface area contributed by atoms with Gasteiger partial charge in [0.2, 0.25) is 0 Å². The molecule has 3 N–H and O–H groups in total. The fraction of sp³-hybridized carbons (Fsp3) is 0.235. The molecule has 1 heterocycles. The maximum absolute atomic E-state index is 11.3. The molecule has 0 bridgehead atoms. The van der Waals surface area contributed by atoms with E-state index in [1.54, 1.807) is 7.11 Å². The number of hydrogen-bond acceptors (Lipinski definition) is 4. The summed E-state index contributed by atoms with van der Waals surface area (Å²) in [5, 5.41) is 3.34. The Hall–Kier alpha value is -2.12. The normalized spacial score (nSPS) is 10.4. The summed E-state index contributed by atoms with van der Waals surface area (Å²) in [6.45, 7) is 3.12. The van der Waals surface area contributed by atoms with E-state index in [9.17, 15) is 4.79 Å². The van der Waals surface area contributed by atoms with Gasteiger partial charge in [-0.1, -0.05) is 0 Å². The summed E-state index contributed by atoms with van der Waals surface area (Å²) in [5.74, 6) is 1.39. The van der Waals surface area contributed by atoms with Crippen molar-refractivity contribution >= 4 is 32.7 Å². The molecule has 0 saturated heterocycles. The highest BCUT2D eigenvalue weighted by molar-refractivity contribution is 9.10. The number of benzene rings is 2. The highest BCUT2D eigenvalue weighted by Crippen LogP contribution is 2.36. The number of methoxy groups -OCH3 is 1. The minimum atomic E-state index is -0.206. The van der Waals surface area contributed by atoms with E-state index in [1.165, 1.54) is 0 Å². The molecule has 0 radical (unpaired) electrons. The van der Waals surface area contributed by atoms with Gasteiger partial charge in [-0.3, -0.25) is 0 Å². The van der Waals surface area contributed by atoms with E-state index in [0.717, 1.165) is 26.8 Å². The fourth-order valence-electron chi connectivity index (χ4n) is 2.53. The Morgan fingerprint density at radius 3 is 2.64 bits per heavy atom. The van der Waals surface area contributed by atoms with Crippen molar-refractivity contribution in [1.29, 1.82) is 0 Å². The van der Waals surface area contributed by atoms with E-state index in [0.29, 0.717) is 24.7 Å². The van der Waals surface area contributed by atoms with Crippen LogP contribution in [0.15, 0.2) is 39.6 Å². The number of fused-ring (bicyclic) bond motifs is 1. The monoisotopic (exact) mass is 426 g/mol. The first-order valence-corrected chi connectivity index (χ1v) is 8.35. The summed E-state index contributed by atoms with van der Waals surface area (Å²) >= 11 is 3.51. The van der Waals surface area contributed by atoms with Crippen molar-refractivity contribution < 1.29 is 21.9 Å². The van der Waals surface area contributed by atoms with Crippen molar-refractivity contribution in [3.63, 3.8) is 0 Å². The number of imidazole rings is 1. The Morgan fingerprint density at radius 1 is 1.16 bits per heavy atom. The van der Waals surface area contributed by atoms with Gasteiger partial charge in [-0.15, -0.1) is 0 Å². The van der Waals surface area contributed by atoms with Gasteiger partial charge in [0.15, 0.2) is 11.5 Å². The Morgan fingerprint density at radius 2 is 1.92 bits per heavy atom. The van der Waals surface area contributed by atoms with E-state index in [1.807, 2.05) is 37.3 Å². The van der Waals surface area contributed by atoms with Crippen LogP contribution in [0.2, 0.25) is 0 Å². The van der Waals surface area contributed by atoms with Crippen LogP contribution in [-0.4, -0.2) is 23.7 Å². The molecule has 0 atom stereocenters. The minimum Gasteiger partial charge on any atom is -1.00 e. The first-order valence-electron chi connectivity index (χ1n) is 7.56. The van der Waals surface area contributed by atoms with Gasteiger partial charge in [-0.05, 0) is 58.7 Å². The predicted octanol–water partition coefficient (Wildman–Crippen LogP) is 0.642. The van der Waals surface area contributed by atoms with E-state index in [4.69, 9.17) is 9.47 Å². The summed E-state index contributed by atoms with van der Waals surface area (Å²) < 4.78 is 11.8. The molecule has 8 heteroatoms. The van der Waals surface area contributed by atoms with Gasteiger partial charge >= 0.3 is 5.69 Å². The van der Waals surface area contributed by atoms with Crippen LogP contribution >= 0.6 is 15.9 Å². The highest BCUT2D eigenvalue weighted by atomic mass is 79.9. The molecule has 1 aromatic heterocycles. The SMILES string of the molecule is CCOc1cc(CNc2ccc3[nH]c(=O)[nH]c3c2)cc(Br)c1OC.[Cl-]. The second-order valence-corrected chi connectivity index (χ2v) is 6.09. The number of nitrogens with one attached hydrogen (secondary N) is 3. The quantitative estimate of drug-likeness (QED) is 0.539. The first kappa shape index (κ1) is 19.2. The number of aromatic nitrogens is 2. The standard InChI is InChI=1S/C17H18BrN3O3.ClH/c1-3-24-15-7-10(6-12(18)16(15)23-2)9-19-11-4-5-13-14(8-11)21-17(22)20-13;/h4-8,19H,3,9H2,1-2H3,(H2,20,21,22);1H/p-1. The van der Waals surface area contributed by atoms with Crippen molar-refractivity contribution in [2.75, 3.05) is 19.0 Å². The van der Waals surface area contributed by atoms with Crippen LogP contribution in [0.4, 0.5) is 5.69 Å². The lowest BCUT2D eigenvalue weighted by atomic mass is 10.2. The molecule has 0 fully saturated rings. The molecule has 0 spiro atoms. The molecule has 3 rings (SSSR count). The molecule has 0 unspecified atom stereocenters. The lowest BCUT2D eigenvalue weighted by Gasteiger charge is -2.14. The lowest BCUT2D eigenvalue weighted by molar-refractivity contribution is -0.00000567. The topological polar surface area (TPSA) is 79.1 Å². The molecule has 2 aromatic carbocycles. The molecule has 0 aliphatic rings. The van der Waals surface area contributed by atoms with Crippen molar-refractivity contribution in [3.05, 3.63) is 50.9 Å². The molecule has 0 amide bonds. The highest BCUT2D eigenvalue weighted by Gasteiger charge is 2.11. The smallest absolute Gasteiger partial charge is 0.323 e.